The fraction of sp³-hybridized carbons (Fsp3) is 0.857. The van der Waals surface area contributed by atoms with Gasteiger partial charge in [0.1, 0.15) is 0 Å². The van der Waals surface area contributed by atoms with E-state index in [2.05, 4.69) is 0 Å². The average Bonchev–Trinajstić information content (AvgIpc) is 1.99. The van der Waals surface area contributed by atoms with Crippen molar-refractivity contribution in [2.75, 3.05) is 5.75 Å². The van der Waals surface area contributed by atoms with Crippen LogP contribution in [0.2, 0.25) is 0 Å². The number of carbonyl (C=O) groups excluding carboxylic acids is 1. The van der Waals surface area contributed by atoms with E-state index in [0.29, 0.717) is 0 Å². The second kappa shape index (κ2) is 5.48. The van der Waals surface area contributed by atoms with Crippen molar-refractivity contribution < 1.29 is 31.5 Å². The van der Waals surface area contributed by atoms with Crippen LogP contribution in [0.4, 0.5) is 13.2 Å². The first-order valence-electron chi connectivity index (χ1n) is 4.31. The Kier molecular flexibility index (Phi) is 5.20. The van der Waals surface area contributed by atoms with Crippen molar-refractivity contribution in [2.45, 2.75) is 32.0 Å². The summed E-state index contributed by atoms with van der Waals surface area (Å²) in [5, 5.41) is 10.2. The number of carbonyl (C=O) groups is 1. The van der Waals surface area contributed by atoms with Crippen molar-refractivity contribution >= 4 is 16.0 Å². The molecule has 1 N–H and O–H groups in total. The van der Waals surface area contributed by atoms with Gasteiger partial charge in [-0.3, -0.25) is 0 Å². The third-order valence-corrected chi connectivity index (χ3v) is 3.12. The Labute approximate surface area is 90.7 Å². The van der Waals surface area contributed by atoms with Gasteiger partial charge < -0.3 is 9.90 Å². The molecule has 0 saturated heterocycles. The molecular formula is C7H11F3NO4S-. The molecule has 0 fully saturated rings. The Morgan fingerprint density at radius 1 is 1.44 bits per heavy atom. The van der Waals surface area contributed by atoms with Crippen molar-refractivity contribution in [3.8, 4) is 0 Å². The Morgan fingerprint density at radius 2 is 1.94 bits per heavy atom. The van der Waals surface area contributed by atoms with Crippen molar-refractivity contribution in [3.63, 3.8) is 0 Å². The molecule has 0 aromatic carbocycles. The van der Waals surface area contributed by atoms with Crippen LogP contribution in [0, 0.1) is 0 Å². The van der Waals surface area contributed by atoms with E-state index in [1.165, 1.54) is 0 Å². The van der Waals surface area contributed by atoms with Gasteiger partial charge in [-0.1, -0.05) is 0 Å². The fourth-order valence-corrected chi connectivity index (χ4v) is 2.12. The largest absolute Gasteiger partial charge is 0.548 e. The molecule has 0 aromatic heterocycles. The van der Waals surface area contributed by atoms with E-state index in [4.69, 9.17) is 0 Å². The fourth-order valence-electron chi connectivity index (χ4n) is 0.839. The topological polar surface area (TPSA) is 86.3 Å². The number of nitrogens with one attached hydrogen (secondary N) is 1. The summed E-state index contributed by atoms with van der Waals surface area (Å²) in [5.41, 5.74) is 0. The highest BCUT2D eigenvalue weighted by atomic mass is 32.2. The van der Waals surface area contributed by atoms with Crippen LogP contribution in [-0.2, 0) is 14.8 Å². The third-order valence-electron chi connectivity index (χ3n) is 1.58. The van der Waals surface area contributed by atoms with Crippen molar-refractivity contribution in [2.24, 2.45) is 0 Å². The van der Waals surface area contributed by atoms with Gasteiger partial charge in [-0.2, -0.15) is 13.2 Å². The summed E-state index contributed by atoms with van der Waals surface area (Å²) in [5.74, 6) is -2.41. The molecule has 0 amide bonds. The molecule has 0 rings (SSSR count). The highest BCUT2D eigenvalue weighted by Gasteiger charge is 2.27. The minimum atomic E-state index is -4.42. The van der Waals surface area contributed by atoms with Gasteiger partial charge >= 0.3 is 6.18 Å². The van der Waals surface area contributed by atoms with Gasteiger partial charge in [0.2, 0.25) is 10.0 Å². The molecule has 0 aliphatic carbocycles. The molecule has 0 aliphatic rings. The standard InChI is InChI=1S/C7H12F3NO4S/c1-5(6(12)13)11-16(14,15)4-2-3-7(8,9)10/h5,11H,2-4H2,1H3,(H,12,13)/p-1/t5-/m1/s1. The molecule has 0 unspecified atom stereocenters. The zero-order valence-electron chi connectivity index (χ0n) is 8.37. The Morgan fingerprint density at radius 3 is 2.31 bits per heavy atom. The van der Waals surface area contributed by atoms with Crippen molar-refractivity contribution in [1.29, 1.82) is 0 Å². The van der Waals surface area contributed by atoms with Crippen LogP contribution in [-0.4, -0.2) is 32.4 Å². The van der Waals surface area contributed by atoms with E-state index in [1.54, 1.807) is 4.72 Å². The molecule has 0 bridgehead atoms. The maximum Gasteiger partial charge on any atom is 0.389 e. The first-order valence-corrected chi connectivity index (χ1v) is 5.96. The maximum atomic E-state index is 11.7. The first-order chi connectivity index (χ1) is 7.03. The van der Waals surface area contributed by atoms with Gasteiger partial charge in [-0.05, 0) is 13.3 Å². The SMILES string of the molecule is C[C@@H](NS(=O)(=O)CCCC(F)(F)F)C(=O)[O-]. The minimum Gasteiger partial charge on any atom is -0.548 e. The van der Waals surface area contributed by atoms with Crippen LogP contribution in [0.25, 0.3) is 0 Å². The molecule has 96 valence electrons. The normalized spacial score (nSPS) is 14.8. The smallest absolute Gasteiger partial charge is 0.389 e. The average molecular weight is 262 g/mol. The molecule has 1 atom stereocenters. The number of carboxylic acids is 1. The highest BCUT2D eigenvalue weighted by molar-refractivity contribution is 7.89. The van der Waals surface area contributed by atoms with Crippen LogP contribution >= 0.6 is 0 Å². The summed E-state index contributed by atoms with van der Waals surface area (Å²) in [6.07, 6.45) is -6.26. The van der Waals surface area contributed by atoms with Crippen LogP contribution in [0.3, 0.4) is 0 Å². The lowest BCUT2D eigenvalue weighted by Gasteiger charge is -2.14. The second-order valence-electron chi connectivity index (χ2n) is 3.20. The number of halogens is 3. The molecule has 0 aliphatic heterocycles. The Balaban J connectivity index is 4.12. The summed E-state index contributed by atoms with van der Waals surface area (Å²) in [6.45, 7) is 1.02. The van der Waals surface area contributed by atoms with Crippen LogP contribution in [0.1, 0.15) is 19.8 Å². The van der Waals surface area contributed by atoms with Crippen LogP contribution < -0.4 is 9.83 Å². The van der Waals surface area contributed by atoms with E-state index in [-0.39, 0.29) is 0 Å². The number of aliphatic carboxylic acids is 1. The number of sulfonamides is 1. The zero-order chi connectivity index (χ0) is 13.0. The minimum absolute atomic E-state index is 0.612. The number of rotatable bonds is 6. The number of carboxylic acid groups (broad SMARTS) is 1. The van der Waals surface area contributed by atoms with Crippen molar-refractivity contribution in [1.82, 2.24) is 4.72 Å². The van der Waals surface area contributed by atoms with Crippen molar-refractivity contribution in [3.05, 3.63) is 0 Å². The molecule has 0 radical (unpaired) electrons. The van der Waals surface area contributed by atoms with Gasteiger partial charge in [0.25, 0.3) is 0 Å². The monoisotopic (exact) mass is 262 g/mol. The summed E-state index contributed by atoms with van der Waals surface area (Å²) in [4.78, 5) is 10.2. The lowest BCUT2D eigenvalue weighted by molar-refractivity contribution is -0.307. The summed E-state index contributed by atoms with van der Waals surface area (Å²) in [6, 6.07) is -1.46. The second-order valence-corrected chi connectivity index (χ2v) is 5.07. The Bertz CT molecular complexity index is 338. The lowest BCUT2D eigenvalue weighted by atomic mass is 10.3. The van der Waals surface area contributed by atoms with Gasteiger partial charge in [-0.15, -0.1) is 0 Å². The predicted octanol–water partition coefficient (Wildman–Crippen LogP) is -0.613. The first kappa shape index (κ1) is 15.2. The van der Waals surface area contributed by atoms with Gasteiger partial charge in [-0.25, -0.2) is 13.1 Å². The molecule has 0 spiro atoms. The van der Waals surface area contributed by atoms with E-state index < -0.39 is 46.8 Å². The van der Waals surface area contributed by atoms with E-state index in [1.807, 2.05) is 0 Å². The molecular weight excluding hydrogens is 251 g/mol. The Hall–Kier alpha value is -0.830. The van der Waals surface area contributed by atoms with Crippen LogP contribution in [0.15, 0.2) is 0 Å². The third kappa shape index (κ3) is 7.46. The van der Waals surface area contributed by atoms with Gasteiger partial charge in [0, 0.05) is 6.42 Å². The molecule has 0 heterocycles. The summed E-state index contributed by atoms with van der Waals surface area (Å²) < 4.78 is 58.9. The predicted molar refractivity (Wildman–Crippen MR) is 46.7 cm³/mol. The zero-order valence-corrected chi connectivity index (χ0v) is 9.19. The van der Waals surface area contributed by atoms with Gasteiger partial charge in [0.05, 0.1) is 17.8 Å². The van der Waals surface area contributed by atoms with Gasteiger partial charge in [0.15, 0.2) is 0 Å². The summed E-state index contributed by atoms with van der Waals surface area (Å²) in [7, 11) is -4.02. The van der Waals surface area contributed by atoms with Crippen LogP contribution in [0.5, 0.6) is 0 Å². The number of alkyl halides is 3. The maximum absolute atomic E-state index is 11.7. The summed E-state index contributed by atoms with van der Waals surface area (Å²) >= 11 is 0. The number of hydrogen-bond acceptors (Lipinski definition) is 4. The number of hydrogen-bond donors (Lipinski definition) is 1. The van der Waals surface area contributed by atoms with E-state index in [9.17, 15) is 31.5 Å². The molecule has 9 heteroatoms. The lowest BCUT2D eigenvalue weighted by Crippen LogP contribution is -2.46. The van der Waals surface area contributed by atoms with E-state index >= 15 is 0 Å². The molecule has 16 heavy (non-hydrogen) atoms. The molecule has 5 nitrogen and oxygen atoms in total. The van der Waals surface area contributed by atoms with E-state index in [0.717, 1.165) is 6.92 Å². The highest BCUT2D eigenvalue weighted by Crippen LogP contribution is 2.21. The molecule has 0 saturated carbocycles. The quantitative estimate of drug-likeness (QED) is 0.691. The molecule has 0 aromatic rings.